The van der Waals surface area contributed by atoms with Crippen LogP contribution in [-0.2, 0) is 11.3 Å². The van der Waals surface area contributed by atoms with Gasteiger partial charge in [-0.2, -0.15) is 0 Å². The van der Waals surface area contributed by atoms with Gasteiger partial charge in [-0.25, -0.2) is 0 Å². The molecule has 136 valence electrons. The lowest BCUT2D eigenvalue weighted by atomic mass is 10.2. The fourth-order valence-corrected chi connectivity index (χ4v) is 4.37. The molecule has 0 atom stereocenters. The molecule has 3 aromatic rings. The SMILES string of the molecule is O=C1/C(=C\c2ccc(-c3cc(Cl)cc(Cl)c3)o2)SC(=S)N1Cc1ccco1. The van der Waals surface area contributed by atoms with E-state index in [2.05, 4.69) is 0 Å². The first-order chi connectivity index (χ1) is 13.0. The van der Waals surface area contributed by atoms with E-state index >= 15 is 0 Å². The standard InChI is InChI=1S/C19H11Cl2NO3S2/c20-12-6-11(7-13(21)8-12)16-4-3-14(25-16)9-17-18(23)22(19(26)27-17)10-15-2-1-5-24-15/h1-9H,10H2/b17-9+. The summed E-state index contributed by atoms with van der Waals surface area (Å²) in [5, 5.41) is 1.04. The number of hydrogen-bond donors (Lipinski definition) is 0. The minimum atomic E-state index is -0.176. The van der Waals surface area contributed by atoms with Crippen LogP contribution in [-0.4, -0.2) is 15.1 Å². The Morgan fingerprint density at radius 1 is 1.15 bits per heavy atom. The quantitative estimate of drug-likeness (QED) is 0.358. The van der Waals surface area contributed by atoms with Crippen molar-refractivity contribution < 1.29 is 13.6 Å². The second-order valence-electron chi connectivity index (χ2n) is 5.71. The number of halogens is 2. The summed E-state index contributed by atoms with van der Waals surface area (Å²) in [5.41, 5.74) is 0.762. The van der Waals surface area contributed by atoms with Crippen molar-refractivity contribution in [1.29, 1.82) is 0 Å². The first-order valence-corrected chi connectivity index (χ1v) is 9.82. The van der Waals surface area contributed by atoms with Crippen LogP contribution in [0.2, 0.25) is 10.0 Å². The molecule has 8 heteroatoms. The van der Waals surface area contributed by atoms with Gasteiger partial charge in [0.05, 0.1) is 17.7 Å². The average Bonchev–Trinajstić information content (AvgIpc) is 3.33. The number of benzene rings is 1. The molecule has 4 nitrogen and oxygen atoms in total. The smallest absolute Gasteiger partial charge is 0.266 e. The minimum absolute atomic E-state index is 0.176. The fraction of sp³-hybridized carbons (Fsp3) is 0.0526. The molecule has 0 radical (unpaired) electrons. The van der Waals surface area contributed by atoms with Gasteiger partial charge in [-0.1, -0.05) is 47.2 Å². The molecule has 1 aliphatic heterocycles. The summed E-state index contributed by atoms with van der Waals surface area (Å²) >= 11 is 18.6. The number of nitrogens with zero attached hydrogens (tertiary/aromatic N) is 1. The molecular weight excluding hydrogens is 425 g/mol. The van der Waals surface area contributed by atoms with Crippen molar-refractivity contribution in [1.82, 2.24) is 4.90 Å². The van der Waals surface area contributed by atoms with Crippen LogP contribution in [0.1, 0.15) is 11.5 Å². The molecule has 2 aromatic heterocycles. The van der Waals surface area contributed by atoms with E-state index in [1.165, 1.54) is 16.7 Å². The third kappa shape index (κ3) is 3.99. The zero-order chi connectivity index (χ0) is 19.0. The lowest BCUT2D eigenvalue weighted by Gasteiger charge is -2.11. The molecule has 0 bridgehead atoms. The van der Waals surface area contributed by atoms with Crippen molar-refractivity contribution in [2.75, 3.05) is 0 Å². The van der Waals surface area contributed by atoms with Crippen LogP contribution in [0.15, 0.2) is 62.5 Å². The molecule has 0 unspecified atom stereocenters. The zero-order valence-corrected chi connectivity index (χ0v) is 16.8. The predicted octanol–water partition coefficient (Wildman–Crippen LogP) is 6.25. The summed E-state index contributed by atoms with van der Waals surface area (Å²) in [6.07, 6.45) is 3.24. The minimum Gasteiger partial charge on any atom is -0.467 e. The van der Waals surface area contributed by atoms with Crippen LogP contribution < -0.4 is 0 Å². The van der Waals surface area contributed by atoms with Crippen LogP contribution in [0.25, 0.3) is 17.4 Å². The molecule has 1 saturated heterocycles. The number of carbonyl (C=O) groups is 1. The highest BCUT2D eigenvalue weighted by atomic mass is 35.5. The van der Waals surface area contributed by atoms with Gasteiger partial charge < -0.3 is 8.83 Å². The van der Waals surface area contributed by atoms with Crippen molar-refractivity contribution in [3.05, 3.63) is 75.2 Å². The third-order valence-electron chi connectivity index (χ3n) is 3.81. The summed E-state index contributed by atoms with van der Waals surface area (Å²) in [6.45, 7) is 0.305. The maximum Gasteiger partial charge on any atom is 0.266 e. The molecule has 1 aromatic carbocycles. The second kappa shape index (κ2) is 7.56. The van der Waals surface area contributed by atoms with Gasteiger partial charge in [-0.3, -0.25) is 9.69 Å². The first-order valence-electron chi connectivity index (χ1n) is 7.83. The normalized spacial score (nSPS) is 15.9. The van der Waals surface area contributed by atoms with Gasteiger partial charge >= 0.3 is 0 Å². The number of thioether (sulfide) groups is 1. The van der Waals surface area contributed by atoms with Gasteiger partial charge in [-0.15, -0.1) is 0 Å². The molecule has 0 spiro atoms. The van der Waals surface area contributed by atoms with Crippen molar-refractivity contribution in [2.24, 2.45) is 0 Å². The van der Waals surface area contributed by atoms with Crippen molar-refractivity contribution in [2.45, 2.75) is 6.54 Å². The van der Waals surface area contributed by atoms with Crippen LogP contribution >= 0.6 is 47.2 Å². The topological polar surface area (TPSA) is 46.6 Å². The van der Waals surface area contributed by atoms with Gasteiger partial charge in [-0.05, 0) is 42.5 Å². The van der Waals surface area contributed by atoms with E-state index in [-0.39, 0.29) is 5.91 Å². The van der Waals surface area contributed by atoms with E-state index in [1.807, 2.05) is 0 Å². The van der Waals surface area contributed by atoms with Gasteiger partial charge in [0.1, 0.15) is 21.6 Å². The Bertz CT molecular complexity index is 1040. The number of rotatable bonds is 4. The zero-order valence-electron chi connectivity index (χ0n) is 13.6. The molecule has 3 heterocycles. The van der Waals surface area contributed by atoms with Crippen molar-refractivity contribution >= 4 is 63.5 Å². The summed E-state index contributed by atoms with van der Waals surface area (Å²) in [5.74, 6) is 1.65. The highest BCUT2D eigenvalue weighted by Gasteiger charge is 2.32. The Morgan fingerprint density at radius 2 is 1.93 bits per heavy atom. The first kappa shape index (κ1) is 18.4. The fourth-order valence-electron chi connectivity index (χ4n) is 2.61. The highest BCUT2D eigenvalue weighted by molar-refractivity contribution is 8.26. The predicted molar refractivity (Wildman–Crippen MR) is 112 cm³/mol. The Hall–Kier alpha value is -1.99. The Kier molecular flexibility index (Phi) is 5.14. The largest absolute Gasteiger partial charge is 0.467 e. The number of furan rings is 2. The number of thiocarbonyl (C=S) groups is 1. The third-order valence-corrected chi connectivity index (χ3v) is 5.63. The van der Waals surface area contributed by atoms with Crippen molar-refractivity contribution in [3.63, 3.8) is 0 Å². The summed E-state index contributed by atoms with van der Waals surface area (Å²) in [7, 11) is 0. The van der Waals surface area contributed by atoms with Gasteiger partial charge in [0.15, 0.2) is 0 Å². The van der Waals surface area contributed by atoms with Crippen LogP contribution in [0, 0.1) is 0 Å². The van der Waals surface area contributed by atoms with Crippen LogP contribution in [0.3, 0.4) is 0 Å². The summed E-state index contributed by atoms with van der Waals surface area (Å²) in [4.78, 5) is 14.6. The maximum absolute atomic E-state index is 12.6. The lowest BCUT2D eigenvalue weighted by molar-refractivity contribution is -0.122. The molecule has 0 saturated carbocycles. The van der Waals surface area contributed by atoms with Gasteiger partial charge in [0.2, 0.25) is 0 Å². The number of hydrogen-bond acceptors (Lipinski definition) is 5. The molecule has 1 amide bonds. The van der Waals surface area contributed by atoms with Crippen molar-refractivity contribution in [3.8, 4) is 11.3 Å². The van der Waals surface area contributed by atoms with Crippen LogP contribution in [0.5, 0.6) is 0 Å². The van der Waals surface area contributed by atoms with Crippen LogP contribution in [0.4, 0.5) is 0 Å². The molecule has 0 N–H and O–H groups in total. The molecule has 1 aliphatic rings. The number of carbonyl (C=O) groups excluding carboxylic acids is 1. The van der Waals surface area contributed by atoms with E-state index in [0.29, 0.717) is 43.1 Å². The molecule has 4 rings (SSSR count). The monoisotopic (exact) mass is 435 g/mol. The molecular formula is C19H11Cl2NO3S2. The number of amides is 1. The second-order valence-corrected chi connectivity index (χ2v) is 8.26. The van der Waals surface area contributed by atoms with Gasteiger partial charge in [0, 0.05) is 21.7 Å². The van der Waals surface area contributed by atoms with E-state index < -0.39 is 0 Å². The Balaban J connectivity index is 1.56. The Morgan fingerprint density at radius 3 is 2.63 bits per heavy atom. The maximum atomic E-state index is 12.6. The molecule has 1 fully saturated rings. The highest BCUT2D eigenvalue weighted by Crippen LogP contribution is 2.35. The Labute approximate surface area is 174 Å². The van der Waals surface area contributed by atoms with E-state index in [0.717, 1.165) is 5.56 Å². The van der Waals surface area contributed by atoms with E-state index in [1.54, 1.807) is 54.8 Å². The molecule has 0 aliphatic carbocycles. The molecule has 27 heavy (non-hydrogen) atoms. The summed E-state index contributed by atoms with van der Waals surface area (Å²) < 4.78 is 11.6. The van der Waals surface area contributed by atoms with E-state index in [9.17, 15) is 4.79 Å². The van der Waals surface area contributed by atoms with Gasteiger partial charge in [0.25, 0.3) is 5.91 Å². The lowest BCUT2D eigenvalue weighted by Crippen LogP contribution is -2.27. The summed E-state index contributed by atoms with van der Waals surface area (Å²) in [6, 6.07) is 12.3. The average molecular weight is 436 g/mol. The van der Waals surface area contributed by atoms with E-state index in [4.69, 9.17) is 44.3 Å².